The molecule has 1 aromatic heterocycles. The molecule has 0 spiro atoms. The summed E-state index contributed by atoms with van der Waals surface area (Å²) >= 11 is 6.10. The SMILES string of the molecule is COc1ccc(NC(=O)Nc2cccc(-c3ccc(N4CCOCC4)nn3)c2)cc1Cl. The molecule has 0 saturated carbocycles. The Morgan fingerprint density at radius 1 is 1.03 bits per heavy atom. The van der Waals surface area contributed by atoms with Crippen molar-refractivity contribution in [2.24, 2.45) is 0 Å². The van der Waals surface area contributed by atoms with Gasteiger partial charge in [-0.05, 0) is 42.5 Å². The molecule has 2 heterocycles. The number of urea groups is 1. The number of anilines is 3. The van der Waals surface area contributed by atoms with Gasteiger partial charge in [-0.2, -0.15) is 0 Å². The van der Waals surface area contributed by atoms with Crippen LogP contribution < -0.4 is 20.3 Å². The highest BCUT2D eigenvalue weighted by molar-refractivity contribution is 6.32. The van der Waals surface area contributed by atoms with Gasteiger partial charge < -0.3 is 25.0 Å². The van der Waals surface area contributed by atoms with E-state index >= 15 is 0 Å². The standard InChI is InChI=1S/C22H22ClN5O3/c1-30-20-7-5-17(14-18(20)23)25-22(29)24-16-4-2-3-15(13-16)19-6-8-21(27-26-19)28-9-11-31-12-10-28/h2-8,13-14H,9-12H2,1H3,(H2,24,25,29). The Morgan fingerprint density at radius 3 is 2.48 bits per heavy atom. The zero-order chi connectivity index (χ0) is 21.6. The number of hydrogen-bond donors (Lipinski definition) is 2. The number of amides is 2. The molecule has 0 radical (unpaired) electrons. The zero-order valence-corrected chi connectivity index (χ0v) is 17.7. The van der Waals surface area contributed by atoms with Crippen molar-refractivity contribution >= 4 is 34.8 Å². The fourth-order valence-electron chi connectivity index (χ4n) is 3.23. The van der Waals surface area contributed by atoms with E-state index in [9.17, 15) is 4.79 Å². The van der Waals surface area contributed by atoms with E-state index in [1.165, 1.54) is 7.11 Å². The first-order valence-corrected chi connectivity index (χ1v) is 10.2. The Bertz CT molecular complexity index is 1060. The molecule has 2 aromatic carbocycles. The van der Waals surface area contributed by atoms with Gasteiger partial charge in [-0.15, -0.1) is 10.2 Å². The van der Waals surface area contributed by atoms with Crippen molar-refractivity contribution in [2.75, 3.05) is 48.9 Å². The van der Waals surface area contributed by atoms with E-state index < -0.39 is 0 Å². The second-order valence-electron chi connectivity index (χ2n) is 6.89. The van der Waals surface area contributed by atoms with Crippen LogP contribution in [0.15, 0.2) is 54.6 Å². The average molecular weight is 440 g/mol. The lowest BCUT2D eigenvalue weighted by molar-refractivity contribution is 0.122. The van der Waals surface area contributed by atoms with Crippen molar-refractivity contribution in [3.8, 4) is 17.0 Å². The summed E-state index contributed by atoms with van der Waals surface area (Å²) in [7, 11) is 1.54. The van der Waals surface area contributed by atoms with Gasteiger partial charge in [0.1, 0.15) is 5.75 Å². The summed E-state index contributed by atoms with van der Waals surface area (Å²) < 4.78 is 10.5. The summed E-state index contributed by atoms with van der Waals surface area (Å²) in [6.45, 7) is 3.01. The first kappa shape index (κ1) is 20.9. The Labute approximate surface area is 185 Å². The highest BCUT2D eigenvalue weighted by Crippen LogP contribution is 2.27. The molecule has 0 bridgehead atoms. The first-order valence-electron chi connectivity index (χ1n) is 9.81. The molecule has 0 atom stereocenters. The monoisotopic (exact) mass is 439 g/mol. The number of hydrogen-bond acceptors (Lipinski definition) is 6. The Balaban J connectivity index is 1.42. The highest BCUT2D eigenvalue weighted by atomic mass is 35.5. The molecule has 4 rings (SSSR count). The van der Waals surface area contributed by atoms with Crippen LogP contribution in [-0.4, -0.2) is 49.6 Å². The third kappa shape index (κ3) is 5.22. The molecule has 9 heteroatoms. The van der Waals surface area contributed by atoms with Crippen LogP contribution in [-0.2, 0) is 4.74 Å². The van der Waals surface area contributed by atoms with Crippen molar-refractivity contribution < 1.29 is 14.3 Å². The normalized spacial score (nSPS) is 13.5. The summed E-state index contributed by atoms with van der Waals surface area (Å²) in [5.41, 5.74) is 2.77. The van der Waals surface area contributed by atoms with Gasteiger partial charge in [0.2, 0.25) is 0 Å². The van der Waals surface area contributed by atoms with Crippen molar-refractivity contribution in [1.82, 2.24) is 10.2 Å². The smallest absolute Gasteiger partial charge is 0.323 e. The quantitative estimate of drug-likeness (QED) is 0.616. The van der Waals surface area contributed by atoms with Crippen LogP contribution in [0.3, 0.4) is 0 Å². The predicted molar refractivity (Wildman–Crippen MR) is 121 cm³/mol. The van der Waals surface area contributed by atoms with Crippen molar-refractivity contribution in [2.45, 2.75) is 0 Å². The molecule has 31 heavy (non-hydrogen) atoms. The van der Waals surface area contributed by atoms with E-state index in [1.807, 2.05) is 30.3 Å². The summed E-state index contributed by atoms with van der Waals surface area (Å²) in [6.07, 6.45) is 0. The van der Waals surface area contributed by atoms with Gasteiger partial charge in [-0.25, -0.2) is 4.79 Å². The molecule has 0 aliphatic carbocycles. The Morgan fingerprint density at radius 2 is 1.81 bits per heavy atom. The predicted octanol–water partition coefficient (Wildman–Crippen LogP) is 4.29. The summed E-state index contributed by atoms with van der Waals surface area (Å²) in [5.74, 6) is 1.37. The van der Waals surface area contributed by atoms with E-state index in [2.05, 4.69) is 25.7 Å². The first-order chi connectivity index (χ1) is 15.1. The van der Waals surface area contributed by atoms with E-state index in [0.717, 1.165) is 30.2 Å². The van der Waals surface area contributed by atoms with Crippen molar-refractivity contribution in [3.05, 3.63) is 59.6 Å². The van der Waals surface area contributed by atoms with Crippen LogP contribution in [0.1, 0.15) is 0 Å². The number of nitrogens with zero attached hydrogens (tertiary/aromatic N) is 3. The van der Waals surface area contributed by atoms with Crippen LogP contribution >= 0.6 is 11.6 Å². The topological polar surface area (TPSA) is 88.6 Å². The number of morpholine rings is 1. The van der Waals surface area contributed by atoms with Crippen LogP contribution in [0.4, 0.5) is 22.0 Å². The van der Waals surface area contributed by atoms with Crippen LogP contribution in [0, 0.1) is 0 Å². The van der Waals surface area contributed by atoms with Gasteiger partial charge in [0.25, 0.3) is 0 Å². The van der Waals surface area contributed by atoms with E-state index in [4.69, 9.17) is 21.1 Å². The highest BCUT2D eigenvalue weighted by Gasteiger charge is 2.13. The molecular formula is C22H22ClN5O3. The molecule has 1 saturated heterocycles. The summed E-state index contributed by atoms with van der Waals surface area (Å²) in [6, 6.07) is 16.0. The van der Waals surface area contributed by atoms with E-state index in [0.29, 0.717) is 35.4 Å². The maximum absolute atomic E-state index is 12.4. The number of nitrogens with one attached hydrogen (secondary N) is 2. The molecule has 0 unspecified atom stereocenters. The van der Waals surface area contributed by atoms with Gasteiger partial charge >= 0.3 is 6.03 Å². The number of halogens is 1. The lowest BCUT2D eigenvalue weighted by Crippen LogP contribution is -2.36. The number of benzene rings is 2. The minimum atomic E-state index is -0.382. The summed E-state index contributed by atoms with van der Waals surface area (Å²) in [4.78, 5) is 14.5. The van der Waals surface area contributed by atoms with Crippen LogP contribution in [0.2, 0.25) is 5.02 Å². The number of methoxy groups -OCH3 is 1. The molecule has 160 valence electrons. The maximum Gasteiger partial charge on any atom is 0.323 e. The number of ether oxygens (including phenoxy) is 2. The van der Waals surface area contributed by atoms with Gasteiger partial charge in [-0.1, -0.05) is 23.7 Å². The zero-order valence-electron chi connectivity index (χ0n) is 17.0. The number of carbonyl (C=O) groups is 1. The Kier molecular flexibility index (Phi) is 6.49. The second-order valence-corrected chi connectivity index (χ2v) is 7.29. The minimum absolute atomic E-state index is 0.382. The number of rotatable bonds is 5. The second kappa shape index (κ2) is 9.63. The molecule has 3 aromatic rings. The largest absolute Gasteiger partial charge is 0.495 e. The Hall–Kier alpha value is -3.36. The van der Waals surface area contributed by atoms with Crippen LogP contribution in [0.25, 0.3) is 11.3 Å². The van der Waals surface area contributed by atoms with Crippen LogP contribution in [0.5, 0.6) is 5.75 Å². The third-order valence-corrected chi connectivity index (χ3v) is 5.11. The molecule has 2 N–H and O–H groups in total. The molecule has 1 aliphatic heterocycles. The fraction of sp³-hybridized carbons (Fsp3) is 0.227. The molecular weight excluding hydrogens is 418 g/mol. The maximum atomic E-state index is 12.4. The lowest BCUT2D eigenvalue weighted by atomic mass is 10.1. The molecule has 1 aliphatic rings. The molecule has 1 fully saturated rings. The minimum Gasteiger partial charge on any atom is -0.495 e. The van der Waals surface area contributed by atoms with E-state index in [1.54, 1.807) is 24.3 Å². The van der Waals surface area contributed by atoms with Gasteiger partial charge in [0, 0.05) is 30.0 Å². The van der Waals surface area contributed by atoms with Crippen molar-refractivity contribution in [1.29, 1.82) is 0 Å². The number of carbonyl (C=O) groups excluding carboxylic acids is 1. The van der Waals surface area contributed by atoms with E-state index in [-0.39, 0.29) is 6.03 Å². The molecule has 2 amide bonds. The lowest BCUT2D eigenvalue weighted by Gasteiger charge is -2.27. The number of aromatic nitrogens is 2. The van der Waals surface area contributed by atoms with Crippen molar-refractivity contribution in [3.63, 3.8) is 0 Å². The molecule has 8 nitrogen and oxygen atoms in total. The fourth-order valence-corrected chi connectivity index (χ4v) is 3.49. The summed E-state index contributed by atoms with van der Waals surface area (Å²) in [5, 5.41) is 14.7. The van der Waals surface area contributed by atoms with Gasteiger partial charge in [0.15, 0.2) is 5.82 Å². The van der Waals surface area contributed by atoms with Gasteiger partial charge in [0.05, 0.1) is 31.0 Å². The third-order valence-electron chi connectivity index (χ3n) is 4.81. The van der Waals surface area contributed by atoms with Gasteiger partial charge in [-0.3, -0.25) is 0 Å². The average Bonchev–Trinajstić information content (AvgIpc) is 2.80.